The monoisotopic (exact) mass is 219 g/mol. The van der Waals surface area contributed by atoms with Crippen LogP contribution in [0.25, 0.3) is 0 Å². The highest BCUT2D eigenvalue weighted by molar-refractivity contribution is 6.18. The van der Waals surface area contributed by atoms with Gasteiger partial charge in [-0.3, -0.25) is 4.79 Å². The quantitative estimate of drug-likeness (QED) is 0.726. The first kappa shape index (κ1) is 11.8. The lowest BCUT2D eigenvalue weighted by Crippen LogP contribution is -2.34. The van der Waals surface area contributed by atoms with Gasteiger partial charge >= 0.3 is 0 Å². The van der Waals surface area contributed by atoms with Crippen molar-refractivity contribution in [2.75, 3.05) is 19.0 Å². The Kier molecular flexibility index (Phi) is 4.69. The van der Waals surface area contributed by atoms with Crippen LogP contribution in [0, 0.1) is 11.8 Å². The molecule has 0 aliphatic carbocycles. The van der Waals surface area contributed by atoms with E-state index < -0.39 is 0 Å². The summed E-state index contributed by atoms with van der Waals surface area (Å²) >= 11 is 5.64. The molecule has 1 aliphatic heterocycles. The molecule has 1 rings (SSSR count). The third kappa shape index (κ3) is 3.46. The van der Waals surface area contributed by atoms with Gasteiger partial charge in [0, 0.05) is 12.4 Å². The van der Waals surface area contributed by atoms with Crippen molar-refractivity contribution >= 4 is 17.5 Å². The molecule has 0 spiro atoms. The lowest BCUT2D eigenvalue weighted by atomic mass is 10.1. The molecule has 1 heterocycles. The summed E-state index contributed by atoms with van der Waals surface area (Å²) in [5.74, 6) is 1.05. The molecule has 3 nitrogen and oxygen atoms in total. The van der Waals surface area contributed by atoms with E-state index in [1.165, 1.54) is 0 Å². The Hall–Kier alpha value is -0.280. The number of rotatable bonds is 4. The van der Waals surface area contributed by atoms with Crippen LogP contribution in [0.3, 0.4) is 0 Å². The Labute approximate surface area is 90.1 Å². The normalized spacial score (nSPS) is 28.8. The molecule has 1 amide bonds. The standard InChI is InChI=1S/C10H18ClNO2/c1-7(4-11)5-12-10(13)9-3-8(2)14-6-9/h7-9H,3-6H2,1-2H3,(H,12,13). The van der Waals surface area contributed by atoms with Crippen molar-refractivity contribution in [2.24, 2.45) is 11.8 Å². The molecule has 0 aromatic carbocycles. The average Bonchev–Trinajstić information content (AvgIpc) is 2.60. The summed E-state index contributed by atoms with van der Waals surface area (Å²) in [6, 6.07) is 0. The van der Waals surface area contributed by atoms with Crippen molar-refractivity contribution in [2.45, 2.75) is 26.4 Å². The van der Waals surface area contributed by atoms with Gasteiger partial charge in [-0.1, -0.05) is 6.92 Å². The van der Waals surface area contributed by atoms with Crippen molar-refractivity contribution in [1.82, 2.24) is 5.32 Å². The topological polar surface area (TPSA) is 38.3 Å². The van der Waals surface area contributed by atoms with Gasteiger partial charge in [0.2, 0.25) is 5.91 Å². The maximum absolute atomic E-state index is 11.6. The Bertz CT molecular complexity index is 199. The lowest BCUT2D eigenvalue weighted by Gasteiger charge is -2.12. The molecule has 0 radical (unpaired) electrons. The Morgan fingerprint density at radius 1 is 1.71 bits per heavy atom. The number of amides is 1. The number of carbonyl (C=O) groups is 1. The third-order valence-electron chi connectivity index (χ3n) is 2.46. The van der Waals surface area contributed by atoms with E-state index in [4.69, 9.17) is 16.3 Å². The average molecular weight is 220 g/mol. The minimum absolute atomic E-state index is 0.0347. The molecule has 0 bridgehead atoms. The number of alkyl halides is 1. The maximum Gasteiger partial charge on any atom is 0.225 e. The van der Waals surface area contributed by atoms with Gasteiger partial charge in [-0.25, -0.2) is 0 Å². The van der Waals surface area contributed by atoms with Crippen LogP contribution in [-0.2, 0) is 9.53 Å². The van der Waals surface area contributed by atoms with Gasteiger partial charge < -0.3 is 10.1 Å². The van der Waals surface area contributed by atoms with Gasteiger partial charge in [0.05, 0.1) is 18.6 Å². The van der Waals surface area contributed by atoms with Crippen molar-refractivity contribution in [3.63, 3.8) is 0 Å². The van der Waals surface area contributed by atoms with Crippen molar-refractivity contribution < 1.29 is 9.53 Å². The van der Waals surface area contributed by atoms with Crippen molar-refractivity contribution in [1.29, 1.82) is 0 Å². The second kappa shape index (κ2) is 5.56. The van der Waals surface area contributed by atoms with Crippen LogP contribution in [-0.4, -0.2) is 31.0 Å². The van der Waals surface area contributed by atoms with E-state index in [1.54, 1.807) is 0 Å². The van der Waals surface area contributed by atoms with E-state index in [-0.39, 0.29) is 17.9 Å². The summed E-state index contributed by atoms with van der Waals surface area (Å²) in [4.78, 5) is 11.6. The second-order valence-corrected chi connectivity index (χ2v) is 4.39. The predicted molar refractivity (Wildman–Crippen MR) is 56.4 cm³/mol. The van der Waals surface area contributed by atoms with Crippen LogP contribution >= 0.6 is 11.6 Å². The molecule has 0 aromatic heterocycles. The zero-order valence-corrected chi connectivity index (χ0v) is 9.51. The van der Waals surface area contributed by atoms with E-state index in [1.807, 2.05) is 13.8 Å². The van der Waals surface area contributed by atoms with E-state index in [0.29, 0.717) is 24.9 Å². The SMILES string of the molecule is CC(CCl)CNC(=O)C1COC(C)C1. The van der Waals surface area contributed by atoms with Crippen molar-refractivity contribution in [3.8, 4) is 0 Å². The Morgan fingerprint density at radius 3 is 2.93 bits per heavy atom. The van der Waals surface area contributed by atoms with Gasteiger partial charge in [0.15, 0.2) is 0 Å². The summed E-state index contributed by atoms with van der Waals surface area (Å²) in [5.41, 5.74) is 0. The number of nitrogens with one attached hydrogen (secondary N) is 1. The molecule has 0 saturated carbocycles. The summed E-state index contributed by atoms with van der Waals surface area (Å²) < 4.78 is 5.33. The van der Waals surface area contributed by atoms with Gasteiger partial charge in [0.25, 0.3) is 0 Å². The van der Waals surface area contributed by atoms with E-state index in [9.17, 15) is 4.79 Å². The van der Waals surface area contributed by atoms with Crippen molar-refractivity contribution in [3.05, 3.63) is 0 Å². The van der Waals surface area contributed by atoms with Crippen LogP contribution in [0.15, 0.2) is 0 Å². The second-order valence-electron chi connectivity index (χ2n) is 4.08. The molecule has 1 fully saturated rings. The molecule has 4 heteroatoms. The number of hydrogen-bond donors (Lipinski definition) is 1. The van der Waals surface area contributed by atoms with E-state index in [2.05, 4.69) is 5.32 Å². The van der Waals surface area contributed by atoms with Crippen LogP contribution in [0.2, 0.25) is 0 Å². The Balaban J connectivity index is 2.22. The first-order chi connectivity index (χ1) is 6.63. The van der Waals surface area contributed by atoms with Crippen LogP contribution in [0.5, 0.6) is 0 Å². The molecule has 3 unspecified atom stereocenters. The first-order valence-corrected chi connectivity index (χ1v) is 5.62. The van der Waals surface area contributed by atoms with Crippen LogP contribution in [0.1, 0.15) is 20.3 Å². The highest BCUT2D eigenvalue weighted by Crippen LogP contribution is 2.18. The largest absolute Gasteiger partial charge is 0.378 e. The minimum atomic E-state index is 0.0347. The lowest BCUT2D eigenvalue weighted by molar-refractivity contribution is -0.125. The number of hydrogen-bond acceptors (Lipinski definition) is 2. The Morgan fingerprint density at radius 2 is 2.43 bits per heavy atom. The van der Waals surface area contributed by atoms with Gasteiger partial charge in [-0.05, 0) is 19.3 Å². The van der Waals surface area contributed by atoms with Gasteiger partial charge in [-0.2, -0.15) is 0 Å². The zero-order chi connectivity index (χ0) is 10.6. The molecule has 1 saturated heterocycles. The summed E-state index contributed by atoms with van der Waals surface area (Å²) in [7, 11) is 0. The molecule has 1 N–H and O–H groups in total. The molecular weight excluding hydrogens is 202 g/mol. The van der Waals surface area contributed by atoms with Gasteiger partial charge in [-0.15, -0.1) is 11.6 Å². The van der Waals surface area contributed by atoms with Crippen LogP contribution in [0.4, 0.5) is 0 Å². The molecule has 3 atom stereocenters. The minimum Gasteiger partial charge on any atom is -0.378 e. The summed E-state index contributed by atoms with van der Waals surface area (Å²) in [5, 5.41) is 2.89. The third-order valence-corrected chi connectivity index (χ3v) is 2.98. The summed E-state index contributed by atoms with van der Waals surface area (Å²) in [6.07, 6.45) is 1.05. The highest BCUT2D eigenvalue weighted by Gasteiger charge is 2.27. The van der Waals surface area contributed by atoms with Gasteiger partial charge in [0.1, 0.15) is 0 Å². The predicted octanol–water partition coefficient (Wildman–Crippen LogP) is 1.40. The number of carbonyl (C=O) groups excluding carboxylic acids is 1. The fourth-order valence-electron chi connectivity index (χ4n) is 1.47. The van der Waals surface area contributed by atoms with Crippen LogP contribution < -0.4 is 5.32 Å². The molecule has 14 heavy (non-hydrogen) atoms. The molecule has 1 aliphatic rings. The zero-order valence-electron chi connectivity index (χ0n) is 8.75. The number of halogens is 1. The summed E-state index contributed by atoms with van der Waals surface area (Å²) in [6.45, 7) is 5.23. The molecule has 0 aromatic rings. The van der Waals surface area contributed by atoms with E-state index in [0.717, 1.165) is 6.42 Å². The highest BCUT2D eigenvalue weighted by atomic mass is 35.5. The maximum atomic E-state index is 11.6. The fourth-order valence-corrected chi connectivity index (χ4v) is 1.58. The first-order valence-electron chi connectivity index (χ1n) is 5.08. The molecule has 82 valence electrons. The smallest absolute Gasteiger partial charge is 0.225 e. The van der Waals surface area contributed by atoms with E-state index >= 15 is 0 Å². The fraction of sp³-hybridized carbons (Fsp3) is 0.900. The molecular formula is C10H18ClNO2. The number of ether oxygens (including phenoxy) is 1.